The molecule has 1 N–H and O–H groups in total. The van der Waals surface area contributed by atoms with Gasteiger partial charge in [-0.25, -0.2) is 4.79 Å². The Morgan fingerprint density at radius 3 is 2.35 bits per heavy atom. The lowest BCUT2D eigenvalue weighted by Crippen LogP contribution is -2.57. The van der Waals surface area contributed by atoms with Crippen LogP contribution < -0.4 is 0 Å². The van der Waals surface area contributed by atoms with E-state index in [1.807, 2.05) is 6.07 Å². The normalized spacial score (nSPS) is 22.6. The van der Waals surface area contributed by atoms with Crippen LogP contribution in [0.3, 0.4) is 0 Å². The minimum Gasteiger partial charge on any atom is -0.480 e. The summed E-state index contributed by atoms with van der Waals surface area (Å²) in [6.45, 7) is 2.10. The zero-order valence-corrected chi connectivity index (χ0v) is 14.2. The molecular formula is C14H15Br2NO3. The molecule has 1 aromatic rings. The molecule has 0 aliphatic carbocycles. The predicted molar refractivity (Wildman–Crippen MR) is 82.8 cm³/mol. The van der Waals surface area contributed by atoms with Crippen LogP contribution in [0.15, 0.2) is 27.1 Å². The smallest absolute Gasteiger partial charge is 0.329 e. The molecule has 1 heterocycles. The van der Waals surface area contributed by atoms with Crippen LogP contribution in [0.2, 0.25) is 0 Å². The SMILES string of the molecule is CC1(C(=O)O)CCCCN1C(=O)c1cc(Br)cc(Br)c1. The van der Waals surface area contributed by atoms with E-state index in [-0.39, 0.29) is 5.91 Å². The number of carboxylic acids is 1. The largest absolute Gasteiger partial charge is 0.480 e. The van der Waals surface area contributed by atoms with Crippen molar-refractivity contribution in [2.24, 2.45) is 0 Å². The van der Waals surface area contributed by atoms with Gasteiger partial charge in [-0.1, -0.05) is 31.9 Å². The van der Waals surface area contributed by atoms with Crippen molar-refractivity contribution in [1.29, 1.82) is 0 Å². The number of nitrogens with zero attached hydrogens (tertiary/aromatic N) is 1. The maximum Gasteiger partial charge on any atom is 0.329 e. The lowest BCUT2D eigenvalue weighted by atomic mass is 9.88. The number of carbonyl (C=O) groups excluding carboxylic acids is 1. The highest BCUT2D eigenvalue weighted by atomic mass is 79.9. The Bertz CT molecular complexity index is 541. The molecule has 1 amide bonds. The van der Waals surface area contributed by atoms with Crippen molar-refractivity contribution in [1.82, 2.24) is 4.90 Å². The van der Waals surface area contributed by atoms with Gasteiger partial charge in [0.15, 0.2) is 0 Å². The van der Waals surface area contributed by atoms with Crippen molar-refractivity contribution in [2.45, 2.75) is 31.7 Å². The molecule has 0 saturated carbocycles. The van der Waals surface area contributed by atoms with Crippen molar-refractivity contribution in [3.05, 3.63) is 32.7 Å². The van der Waals surface area contributed by atoms with Gasteiger partial charge in [0.25, 0.3) is 5.91 Å². The monoisotopic (exact) mass is 403 g/mol. The molecule has 1 aliphatic rings. The van der Waals surface area contributed by atoms with Gasteiger partial charge in [-0.05, 0) is 44.4 Å². The van der Waals surface area contributed by atoms with E-state index in [9.17, 15) is 14.7 Å². The van der Waals surface area contributed by atoms with Gasteiger partial charge < -0.3 is 10.0 Å². The Balaban J connectivity index is 2.37. The number of hydrogen-bond acceptors (Lipinski definition) is 2. The molecule has 20 heavy (non-hydrogen) atoms. The van der Waals surface area contributed by atoms with Gasteiger partial charge in [-0.3, -0.25) is 4.79 Å². The average molecular weight is 405 g/mol. The van der Waals surface area contributed by atoms with Crippen LogP contribution in [0.5, 0.6) is 0 Å². The van der Waals surface area contributed by atoms with Gasteiger partial charge >= 0.3 is 5.97 Å². The first-order valence-electron chi connectivity index (χ1n) is 6.36. The number of carboxylic acid groups (broad SMARTS) is 1. The highest BCUT2D eigenvalue weighted by Gasteiger charge is 2.44. The van der Waals surface area contributed by atoms with Crippen molar-refractivity contribution in [3.63, 3.8) is 0 Å². The molecular weight excluding hydrogens is 390 g/mol. The van der Waals surface area contributed by atoms with E-state index in [2.05, 4.69) is 31.9 Å². The Hall–Kier alpha value is -0.880. The molecule has 6 heteroatoms. The fourth-order valence-corrected chi connectivity index (χ4v) is 3.80. The number of hydrogen-bond donors (Lipinski definition) is 1. The number of amides is 1. The quantitative estimate of drug-likeness (QED) is 0.817. The minimum absolute atomic E-state index is 0.239. The van der Waals surface area contributed by atoms with Crippen molar-refractivity contribution in [2.75, 3.05) is 6.54 Å². The summed E-state index contributed by atoms with van der Waals surface area (Å²) in [4.78, 5) is 25.7. The molecule has 1 unspecified atom stereocenters. The molecule has 0 bridgehead atoms. The van der Waals surface area contributed by atoms with E-state index in [1.54, 1.807) is 19.1 Å². The topological polar surface area (TPSA) is 57.6 Å². The highest BCUT2D eigenvalue weighted by Crippen LogP contribution is 2.31. The molecule has 0 spiro atoms. The van der Waals surface area contributed by atoms with Gasteiger partial charge in [0.2, 0.25) is 0 Å². The van der Waals surface area contributed by atoms with Crippen molar-refractivity contribution < 1.29 is 14.7 Å². The third-order valence-electron chi connectivity index (χ3n) is 3.71. The summed E-state index contributed by atoms with van der Waals surface area (Å²) >= 11 is 6.69. The first-order valence-corrected chi connectivity index (χ1v) is 7.94. The van der Waals surface area contributed by atoms with E-state index in [0.717, 1.165) is 21.8 Å². The third kappa shape index (κ3) is 2.91. The first kappa shape index (κ1) is 15.5. The van der Waals surface area contributed by atoms with Gasteiger partial charge in [0, 0.05) is 21.1 Å². The van der Waals surface area contributed by atoms with Crippen LogP contribution in [-0.4, -0.2) is 34.0 Å². The number of rotatable bonds is 2. The van der Waals surface area contributed by atoms with Crippen LogP contribution in [0.25, 0.3) is 0 Å². The second kappa shape index (κ2) is 5.85. The molecule has 2 rings (SSSR count). The maximum absolute atomic E-state index is 12.6. The molecule has 4 nitrogen and oxygen atoms in total. The Kier molecular flexibility index (Phi) is 4.54. The summed E-state index contributed by atoms with van der Waals surface area (Å²) in [7, 11) is 0. The van der Waals surface area contributed by atoms with E-state index >= 15 is 0 Å². The van der Waals surface area contributed by atoms with Crippen LogP contribution in [0.1, 0.15) is 36.5 Å². The first-order chi connectivity index (χ1) is 9.34. The summed E-state index contributed by atoms with van der Waals surface area (Å²) in [6.07, 6.45) is 2.15. The fourth-order valence-electron chi connectivity index (χ4n) is 2.50. The Morgan fingerprint density at radius 1 is 1.20 bits per heavy atom. The number of carbonyl (C=O) groups is 2. The zero-order valence-electron chi connectivity index (χ0n) is 11.0. The van der Waals surface area contributed by atoms with Gasteiger partial charge in [-0.2, -0.15) is 0 Å². The van der Waals surface area contributed by atoms with Crippen LogP contribution in [0, 0.1) is 0 Å². The van der Waals surface area contributed by atoms with Gasteiger partial charge in [0.1, 0.15) is 5.54 Å². The van der Waals surface area contributed by atoms with E-state index < -0.39 is 11.5 Å². The summed E-state index contributed by atoms with van der Waals surface area (Å²) in [5.74, 6) is -1.18. The second-order valence-corrected chi connectivity index (χ2v) is 6.98. The summed E-state index contributed by atoms with van der Waals surface area (Å²) < 4.78 is 1.56. The van der Waals surface area contributed by atoms with E-state index in [0.29, 0.717) is 18.5 Å². The standard InChI is InChI=1S/C14H15Br2NO3/c1-14(13(19)20)4-2-3-5-17(14)12(18)9-6-10(15)8-11(16)7-9/h6-8H,2-5H2,1H3,(H,19,20). The lowest BCUT2D eigenvalue weighted by Gasteiger charge is -2.41. The number of halogens is 2. The molecule has 0 radical (unpaired) electrons. The lowest BCUT2D eigenvalue weighted by molar-refractivity contribution is -0.150. The summed E-state index contributed by atoms with van der Waals surface area (Å²) in [5.41, 5.74) is -0.634. The Morgan fingerprint density at radius 2 is 1.80 bits per heavy atom. The average Bonchev–Trinajstić information content (AvgIpc) is 2.37. The molecule has 0 aromatic heterocycles. The maximum atomic E-state index is 12.6. The fraction of sp³-hybridized carbons (Fsp3) is 0.429. The molecule has 1 saturated heterocycles. The van der Waals surface area contributed by atoms with E-state index in [4.69, 9.17) is 0 Å². The number of aliphatic carboxylic acids is 1. The van der Waals surface area contributed by atoms with Crippen molar-refractivity contribution >= 4 is 43.7 Å². The number of likely N-dealkylation sites (tertiary alicyclic amines) is 1. The Labute approximate surface area is 134 Å². The highest BCUT2D eigenvalue weighted by molar-refractivity contribution is 9.11. The van der Waals surface area contributed by atoms with Gasteiger partial charge in [-0.15, -0.1) is 0 Å². The minimum atomic E-state index is -1.12. The molecule has 1 fully saturated rings. The van der Waals surface area contributed by atoms with Crippen LogP contribution >= 0.6 is 31.9 Å². The molecule has 1 aromatic carbocycles. The van der Waals surface area contributed by atoms with E-state index in [1.165, 1.54) is 4.90 Å². The summed E-state index contributed by atoms with van der Waals surface area (Å²) in [5, 5.41) is 9.46. The van der Waals surface area contributed by atoms with Crippen molar-refractivity contribution in [3.8, 4) is 0 Å². The number of benzene rings is 1. The second-order valence-electron chi connectivity index (χ2n) is 5.15. The van der Waals surface area contributed by atoms with Crippen LogP contribution in [-0.2, 0) is 4.79 Å². The van der Waals surface area contributed by atoms with Gasteiger partial charge in [0.05, 0.1) is 0 Å². The molecule has 1 atom stereocenters. The molecule has 108 valence electrons. The summed E-state index contributed by atoms with van der Waals surface area (Å²) in [6, 6.07) is 5.26. The third-order valence-corrected chi connectivity index (χ3v) is 4.62. The zero-order chi connectivity index (χ0) is 14.9. The predicted octanol–water partition coefficient (Wildman–Crippen LogP) is 3.68. The number of piperidine rings is 1. The van der Waals surface area contributed by atoms with Crippen LogP contribution in [0.4, 0.5) is 0 Å². The molecule has 1 aliphatic heterocycles.